The Hall–Kier alpha value is -2.86. The predicted octanol–water partition coefficient (Wildman–Crippen LogP) is 7.24. The first-order valence-corrected chi connectivity index (χ1v) is 10.7. The fourth-order valence-electron chi connectivity index (χ4n) is 2.86. The van der Waals surface area contributed by atoms with E-state index in [0.717, 1.165) is 33.0 Å². The summed E-state index contributed by atoms with van der Waals surface area (Å²) in [7, 11) is 1.65. The quantitative estimate of drug-likeness (QED) is 0.247. The molecular formula is C23H17Cl2N3OS. The van der Waals surface area contributed by atoms with Crippen molar-refractivity contribution in [2.45, 2.75) is 0 Å². The maximum atomic E-state index is 6.20. The first kappa shape index (κ1) is 20.4. The highest BCUT2D eigenvalue weighted by molar-refractivity contribution is 7.19. The van der Waals surface area contributed by atoms with Gasteiger partial charge in [0, 0.05) is 16.1 Å². The average molecular weight is 454 g/mol. The third kappa shape index (κ3) is 4.65. The summed E-state index contributed by atoms with van der Waals surface area (Å²) in [6.07, 6.45) is 1.65. The Kier molecular flexibility index (Phi) is 6.33. The molecule has 0 bridgehead atoms. The second kappa shape index (κ2) is 9.30. The van der Waals surface area contributed by atoms with Gasteiger partial charge in [-0.1, -0.05) is 70.9 Å². The third-order valence-electron chi connectivity index (χ3n) is 4.35. The van der Waals surface area contributed by atoms with Gasteiger partial charge in [-0.25, -0.2) is 4.98 Å². The molecule has 0 spiro atoms. The Bertz CT molecular complexity index is 1180. The van der Waals surface area contributed by atoms with E-state index in [1.807, 2.05) is 48.5 Å². The summed E-state index contributed by atoms with van der Waals surface area (Å²) in [4.78, 5) is 5.84. The number of rotatable bonds is 6. The number of ether oxygens (including phenoxy) is 1. The van der Waals surface area contributed by atoms with Crippen LogP contribution in [-0.2, 0) is 0 Å². The summed E-state index contributed by atoms with van der Waals surface area (Å²) >= 11 is 13.7. The number of hydrazone groups is 1. The molecule has 0 aliphatic rings. The Morgan fingerprint density at radius 2 is 1.73 bits per heavy atom. The average Bonchev–Trinajstić information content (AvgIpc) is 3.20. The highest BCUT2D eigenvalue weighted by atomic mass is 35.5. The first-order chi connectivity index (χ1) is 14.6. The van der Waals surface area contributed by atoms with Crippen LogP contribution in [0.5, 0.6) is 5.75 Å². The molecule has 4 nitrogen and oxygen atoms in total. The fraction of sp³-hybridized carbons (Fsp3) is 0.0435. The lowest BCUT2D eigenvalue weighted by Gasteiger charge is -2.04. The second-order valence-electron chi connectivity index (χ2n) is 6.33. The van der Waals surface area contributed by atoms with E-state index in [-0.39, 0.29) is 0 Å². The molecule has 0 fully saturated rings. The number of benzene rings is 3. The number of halogens is 2. The van der Waals surface area contributed by atoms with Gasteiger partial charge in [-0.05, 0) is 42.0 Å². The smallest absolute Gasteiger partial charge is 0.204 e. The van der Waals surface area contributed by atoms with Crippen LogP contribution in [0.15, 0.2) is 77.9 Å². The van der Waals surface area contributed by atoms with E-state index < -0.39 is 0 Å². The molecule has 0 radical (unpaired) electrons. The molecule has 0 atom stereocenters. The van der Waals surface area contributed by atoms with Crippen molar-refractivity contribution in [3.05, 3.63) is 88.4 Å². The monoisotopic (exact) mass is 453 g/mol. The Morgan fingerprint density at radius 1 is 0.967 bits per heavy atom. The molecule has 4 rings (SSSR count). The second-order valence-corrected chi connectivity index (χ2v) is 8.17. The lowest BCUT2D eigenvalue weighted by atomic mass is 10.1. The maximum absolute atomic E-state index is 6.20. The minimum atomic E-state index is 0.538. The van der Waals surface area contributed by atoms with Gasteiger partial charge in [0.25, 0.3) is 0 Å². The van der Waals surface area contributed by atoms with Crippen molar-refractivity contribution in [3.8, 4) is 27.4 Å². The lowest BCUT2D eigenvalue weighted by molar-refractivity contribution is 0.415. The minimum absolute atomic E-state index is 0.538. The van der Waals surface area contributed by atoms with E-state index in [2.05, 4.69) is 22.7 Å². The molecule has 1 N–H and O–H groups in total. The molecule has 7 heteroatoms. The van der Waals surface area contributed by atoms with E-state index in [9.17, 15) is 0 Å². The molecule has 0 unspecified atom stereocenters. The maximum Gasteiger partial charge on any atom is 0.204 e. The van der Waals surface area contributed by atoms with Gasteiger partial charge in [-0.15, -0.1) is 0 Å². The highest BCUT2D eigenvalue weighted by Crippen LogP contribution is 2.39. The van der Waals surface area contributed by atoms with Gasteiger partial charge in [0.2, 0.25) is 5.13 Å². The van der Waals surface area contributed by atoms with Crippen LogP contribution < -0.4 is 10.2 Å². The zero-order valence-corrected chi connectivity index (χ0v) is 18.3. The lowest BCUT2D eigenvalue weighted by Crippen LogP contribution is -1.91. The summed E-state index contributed by atoms with van der Waals surface area (Å²) in [5, 5.41) is 6.10. The molecule has 0 aliphatic carbocycles. The third-order valence-corrected chi connectivity index (χ3v) is 5.92. The number of aromatic nitrogens is 1. The summed E-state index contributed by atoms with van der Waals surface area (Å²) < 4.78 is 5.27. The van der Waals surface area contributed by atoms with Gasteiger partial charge in [-0.3, -0.25) is 5.43 Å². The molecule has 1 heterocycles. The van der Waals surface area contributed by atoms with E-state index in [4.69, 9.17) is 32.9 Å². The number of thiazole rings is 1. The van der Waals surface area contributed by atoms with Crippen LogP contribution in [-0.4, -0.2) is 18.3 Å². The first-order valence-electron chi connectivity index (χ1n) is 9.09. The van der Waals surface area contributed by atoms with Gasteiger partial charge in [0.05, 0.1) is 28.9 Å². The molecule has 30 heavy (non-hydrogen) atoms. The van der Waals surface area contributed by atoms with Crippen molar-refractivity contribution in [1.29, 1.82) is 0 Å². The van der Waals surface area contributed by atoms with Crippen LogP contribution in [0.3, 0.4) is 0 Å². The minimum Gasteiger partial charge on any atom is -0.497 e. The van der Waals surface area contributed by atoms with Crippen LogP contribution in [0, 0.1) is 0 Å². The number of anilines is 1. The van der Waals surface area contributed by atoms with Crippen LogP contribution in [0.2, 0.25) is 10.0 Å². The van der Waals surface area contributed by atoms with Gasteiger partial charge in [-0.2, -0.15) is 5.10 Å². The fourth-order valence-corrected chi connectivity index (χ4v) is 4.26. The highest BCUT2D eigenvalue weighted by Gasteiger charge is 2.15. The summed E-state index contributed by atoms with van der Waals surface area (Å²) in [6.45, 7) is 0. The van der Waals surface area contributed by atoms with Crippen LogP contribution >= 0.6 is 34.5 Å². The van der Waals surface area contributed by atoms with E-state index >= 15 is 0 Å². The zero-order chi connectivity index (χ0) is 20.9. The van der Waals surface area contributed by atoms with Gasteiger partial charge in [0.15, 0.2) is 0 Å². The number of hydrogen-bond acceptors (Lipinski definition) is 5. The van der Waals surface area contributed by atoms with Gasteiger partial charge in [0.1, 0.15) is 5.75 Å². The molecule has 0 aliphatic heterocycles. The van der Waals surface area contributed by atoms with Crippen LogP contribution in [0.4, 0.5) is 5.13 Å². The molecule has 150 valence electrons. The molecule has 0 amide bonds. The van der Waals surface area contributed by atoms with Gasteiger partial charge < -0.3 is 4.74 Å². The molecule has 1 aromatic heterocycles. The molecule has 4 aromatic rings. The molecule has 0 saturated heterocycles. The number of hydrogen-bond donors (Lipinski definition) is 1. The number of nitrogens with one attached hydrogen (secondary N) is 1. The Labute approximate surface area is 188 Å². The standard InChI is InChI=1S/C23H17Cl2N3OS/c1-29-19-11-8-15(9-12-19)21-22(16-5-3-2-4-6-16)30-23(27-21)28-26-14-17-7-10-18(24)13-20(17)25/h2-14H,1H3,(H,27,28)/b26-14-. The van der Waals surface area contributed by atoms with Crippen molar-refractivity contribution in [2.75, 3.05) is 12.5 Å². The predicted molar refractivity (Wildman–Crippen MR) is 127 cm³/mol. The topological polar surface area (TPSA) is 46.5 Å². The number of methoxy groups -OCH3 is 1. The van der Waals surface area contributed by atoms with Crippen molar-refractivity contribution in [1.82, 2.24) is 4.98 Å². The van der Waals surface area contributed by atoms with Crippen molar-refractivity contribution >= 4 is 45.9 Å². The zero-order valence-electron chi connectivity index (χ0n) is 16.0. The Balaban J connectivity index is 1.65. The van der Waals surface area contributed by atoms with E-state index in [0.29, 0.717) is 15.2 Å². The summed E-state index contributed by atoms with van der Waals surface area (Å²) in [6, 6.07) is 23.3. The summed E-state index contributed by atoms with van der Waals surface area (Å²) in [5.41, 5.74) is 6.77. The molecular weight excluding hydrogens is 437 g/mol. The van der Waals surface area contributed by atoms with Crippen molar-refractivity contribution < 1.29 is 4.74 Å². The summed E-state index contributed by atoms with van der Waals surface area (Å²) in [5.74, 6) is 0.804. The van der Waals surface area contributed by atoms with Crippen LogP contribution in [0.25, 0.3) is 21.7 Å². The number of nitrogens with zero attached hydrogens (tertiary/aromatic N) is 2. The SMILES string of the molecule is COc1ccc(-c2nc(N/N=C\c3ccc(Cl)cc3Cl)sc2-c2ccccc2)cc1. The van der Waals surface area contributed by atoms with Crippen LogP contribution in [0.1, 0.15) is 5.56 Å². The van der Waals surface area contributed by atoms with E-state index in [1.54, 1.807) is 25.5 Å². The molecule has 0 saturated carbocycles. The Morgan fingerprint density at radius 3 is 2.43 bits per heavy atom. The van der Waals surface area contributed by atoms with E-state index in [1.165, 1.54) is 11.3 Å². The van der Waals surface area contributed by atoms with Crippen molar-refractivity contribution in [2.24, 2.45) is 5.10 Å². The largest absolute Gasteiger partial charge is 0.497 e. The van der Waals surface area contributed by atoms with Crippen molar-refractivity contribution in [3.63, 3.8) is 0 Å². The molecule has 3 aromatic carbocycles. The van der Waals surface area contributed by atoms with Gasteiger partial charge >= 0.3 is 0 Å². The normalized spacial score (nSPS) is 11.0.